The second-order valence-electron chi connectivity index (χ2n) is 3.26. The molecule has 0 atom stereocenters. The Morgan fingerprint density at radius 3 is 2.50 bits per heavy atom. The highest BCUT2D eigenvalue weighted by atomic mass is 16.4. The van der Waals surface area contributed by atoms with Gasteiger partial charge in [-0.05, 0) is 18.4 Å². The molecule has 0 aromatic carbocycles. The SMILES string of the molecule is CC1=NCC(C(C)C)=C1C(=O)O. The van der Waals surface area contributed by atoms with Gasteiger partial charge in [-0.25, -0.2) is 4.79 Å². The third-order valence-corrected chi connectivity index (χ3v) is 2.08. The van der Waals surface area contributed by atoms with E-state index in [0.29, 0.717) is 17.8 Å². The lowest BCUT2D eigenvalue weighted by Crippen LogP contribution is -2.10. The van der Waals surface area contributed by atoms with Crippen molar-refractivity contribution in [1.29, 1.82) is 0 Å². The van der Waals surface area contributed by atoms with Gasteiger partial charge in [0.2, 0.25) is 0 Å². The molecule has 0 unspecified atom stereocenters. The summed E-state index contributed by atoms with van der Waals surface area (Å²) >= 11 is 0. The number of hydrogen-bond acceptors (Lipinski definition) is 2. The summed E-state index contributed by atoms with van der Waals surface area (Å²) < 4.78 is 0. The van der Waals surface area contributed by atoms with E-state index in [2.05, 4.69) is 4.99 Å². The summed E-state index contributed by atoms with van der Waals surface area (Å²) in [6.07, 6.45) is 0. The van der Waals surface area contributed by atoms with E-state index in [9.17, 15) is 4.79 Å². The average Bonchev–Trinajstić information content (AvgIpc) is 2.30. The Balaban J connectivity index is 3.06. The molecule has 0 saturated carbocycles. The van der Waals surface area contributed by atoms with Crippen LogP contribution in [-0.4, -0.2) is 23.3 Å². The summed E-state index contributed by atoms with van der Waals surface area (Å²) in [7, 11) is 0. The first-order chi connectivity index (χ1) is 5.54. The van der Waals surface area contributed by atoms with E-state index in [0.717, 1.165) is 5.57 Å². The van der Waals surface area contributed by atoms with Gasteiger partial charge in [0.05, 0.1) is 12.1 Å². The van der Waals surface area contributed by atoms with Gasteiger partial charge >= 0.3 is 5.97 Å². The number of hydrogen-bond donors (Lipinski definition) is 1. The molecule has 0 aromatic heterocycles. The van der Waals surface area contributed by atoms with Crippen LogP contribution in [-0.2, 0) is 4.79 Å². The van der Waals surface area contributed by atoms with E-state index in [1.165, 1.54) is 0 Å². The van der Waals surface area contributed by atoms with E-state index in [1.54, 1.807) is 6.92 Å². The number of rotatable bonds is 2. The van der Waals surface area contributed by atoms with Crippen molar-refractivity contribution in [2.75, 3.05) is 6.54 Å². The molecule has 12 heavy (non-hydrogen) atoms. The second-order valence-corrected chi connectivity index (χ2v) is 3.26. The Kier molecular flexibility index (Phi) is 2.31. The summed E-state index contributed by atoms with van der Waals surface area (Å²) in [5.41, 5.74) is 2.02. The zero-order valence-corrected chi connectivity index (χ0v) is 7.59. The van der Waals surface area contributed by atoms with Crippen molar-refractivity contribution in [1.82, 2.24) is 0 Å². The third kappa shape index (κ3) is 1.40. The summed E-state index contributed by atoms with van der Waals surface area (Å²) in [6.45, 7) is 6.29. The molecule has 1 rings (SSSR count). The lowest BCUT2D eigenvalue weighted by molar-refractivity contribution is -0.132. The summed E-state index contributed by atoms with van der Waals surface area (Å²) in [4.78, 5) is 14.9. The van der Waals surface area contributed by atoms with Crippen molar-refractivity contribution in [2.45, 2.75) is 20.8 Å². The minimum absolute atomic E-state index is 0.275. The number of aliphatic imine (C=N–C) groups is 1. The molecule has 0 amide bonds. The molecule has 0 bridgehead atoms. The van der Waals surface area contributed by atoms with Gasteiger partial charge < -0.3 is 5.11 Å². The molecular weight excluding hydrogens is 154 g/mol. The maximum atomic E-state index is 10.8. The van der Waals surface area contributed by atoms with Crippen molar-refractivity contribution >= 4 is 11.7 Å². The first kappa shape index (κ1) is 8.97. The number of carboxylic acids is 1. The molecule has 66 valence electrons. The minimum Gasteiger partial charge on any atom is -0.478 e. The largest absolute Gasteiger partial charge is 0.478 e. The van der Waals surface area contributed by atoms with Crippen molar-refractivity contribution in [2.24, 2.45) is 10.9 Å². The summed E-state index contributed by atoms with van der Waals surface area (Å²) in [5.74, 6) is -0.574. The van der Waals surface area contributed by atoms with Crippen LogP contribution in [0.2, 0.25) is 0 Å². The van der Waals surface area contributed by atoms with Gasteiger partial charge in [0, 0.05) is 5.71 Å². The first-order valence-electron chi connectivity index (χ1n) is 4.01. The van der Waals surface area contributed by atoms with Gasteiger partial charge in [-0.3, -0.25) is 4.99 Å². The van der Waals surface area contributed by atoms with Gasteiger partial charge in [-0.1, -0.05) is 13.8 Å². The average molecular weight is 167 g/mol. The monoisotopic (exact) mass is 167 g/mol. The molecular formula is C9H13NO2. The maximum absolute atomic E-state index is 10.8. The Morgan fingerprint density at radius 1 is 1.58 bits per heavy atom. The fraction of sp³-hybridized carbons (Fsp3) is 0.556. The van der Waals surface area contributed by atoms with Crippen LogP contribution < -0.4 is 0 Å². The zero-order chi connectivity index (χ0) is 9.30. The lowest BCUT2D eigenvalue weighted by Gasteiger charge is -2.06. The van der Waals surface area contributed by atoms with E-state index < -0.39 is 5.97 Å². The number of aliphatic carboxylic acids is 1. The molecule has 0 radical (unpaired) electrons. The van der Waals surface area contributed by atoms with Crippen molar-refractivity contribution in [3.63, 3.8) is 0 Å². The Morgan fingerprint density at radius 2 is 2.17 bits per heavy atom. The molecule has 0 fully saturated rings. The van der Waals surface area contributed by atoms with Crippen LogP contribution in [0.3, 0.4) is 0 Å². The second kappa shape index (κ2) is 3.09. The van der Waals surface area contributed by atoms with Crippen LogP contribution in [0.1, 0.15) is 20.8 Å². The number of nitrogens with zero attached hydrogens (tertiary/aromatic N) is 1. The van der Waals surface area contributed by atoms with Gasteiger partial charge in [0.25, 0.3) is 0 Å². The van der Waals surface area contributed by atoms with Gasteiger partial charge in [0.15, 0.2) is 0 Å². The first-order valence-corrected chi connectivity index (χ1v) is 4.01. The van der Waals surface area contributed by atoms with E-state index in [-0.39, 0.29) is 5.92 Å². The topological polar surface area (TPSA) is 49.7 Å². The highest BCUT2D eigenvalue weighted by Gasteiger charge is 2.23. The quantitative estimate of drug-likeness (QED) is 0.677. The smallest absolute Gasteiger partial charge is 0.337 e. The van der Waals surface area contributed by atoms with Crippen LogP contribution in [0.5, 0.6) is 0 Å². The molecule has 3 heteroatoms. The molecule has 1 heterocycles. The molecule has 0 aliphatic carbocycles. The van der Waals surface area contributed by atoms with E-state index in [1.807, 2.05) is 13.8 Å². The standard InChI is InChI=1S/C9H13NO2/c1-5(2)7-4-10-6(3)8(7)9(11)12/h5H,4H2,1-3H3,(H,11,12). The number of carboxylic acid groups (broad SMARTS) is 1. The Bertz CT molecular complexity index is 274. The van der Waals surface area contributed by atoms with Crippen molar-refractivity contribution in [3.8, 4) is 0 Å². The predicted octanol–water partition coefficient (Wildman–Crippen LogP) is 1.50. The molecule has 0 aromatic rings. The van der Waals surface area contributed by atoms with Crippen LogP contribution in [0.4, 0.5) is 0 Å². The summed E-state index contributed by atoms with van der Waals surface area (Å²) in [6, 6.07) is 0. The maximum Gasteiger partial charge on any atom is 0.337 e. The lowest BCUT2D eigenvalue weighted by atomic mass is 9.97. The van der Waals surface area contributed by atoms with Crippen LogP contribution in [0, 0.1) is 5.92 Å². The molecule has 1 aliphatic heterocycles. The van der Waals surface area contributed by atoms with Crippen molar-refractivity contribution < 1.29 is 9.90 Å². The Hall–Kier alpha value is -1.12. The minimum atomic E-state index is -0.850. The highest BCUT2D eigenvalue weighted by molar-refractivity contribution is 6.20. The molecule has 1 aliphatic rings. The van der Waals surface area contributed by atoms with Crippen LogP contribution in [0.25, 0.3) is 0 Å². The molecule has 0 saturated heterocycles. The van der Waals surface area contributed by atoms with Crippen LogP contribution >= 0.6 is 0 Å². The molecule has 1 N–H and O–H groups in total. The van der Waals surface area contributed by atoms with Gasteiger partial charge in [-0.2, -0.15) is 0 Å². The fourth-order valence-electron chi connectivity index (χ4n) is 1.36. The molecule has 3 nitrogen and oxygen atoms in total. The zero-order valence-electron chi connectivity index (χ0n) is 7.59. The normalized spacial score (nSPS) is 17.2. The van der Waals surface area contributed by atoms with Crippen LogP contribution in [0.15, 0.2) is 16.1 Å². The summed E-state index contributed by atoms with van der Waals surface area (Å²) in [5, 5.41) is 8.86. The third-order valence-electron chi connectivity index (χ3n) is 2.08. The molecule has 0 spiro atoms. The van der Waals surface area contributed by atoms with Crippen molar-refractivity contribution in [3.05, 3.63) is 11.1 Å². The fourth-order valence-corrected chi connectivity index (χ4v) is 1.36. The van der Waals surface area contributed by atoms with Gasteiger partial charge in [0.1, 0.15) is 0 Å². The highest BCUT2D eigenvalue weighted by Crippen LogP contribution is 2.22. The predicted molar refractivity (Wildman–Crippen MR) is 47.5 cm³/mol. The Labute approximate surface area is 71.8 Å². The van der Waals surface area contributed by atoms with Gasteiger partial charge in [-0.15, -0.1) is 0 Å². The van der Waals surface area contributed by atoms with E-state index >= 15 is 0 Å². The number of carbonyl (C=O) groups is 1. The van der Waals surface area contributed by atoms with E-state index in [4.69, 9.17) is 5.11 Å².